The molecule has 3 fully saturated rings. The van der Waals surface area contributed by atoms with Crippen molar-refractivity contribution in [1.82, 2.24) is 9.80 Å². The number of ether oxygens (including phenoxy) is 3. The number of aliphatic hydroxyl groups excluding tert-OH is 1. The number of para-hydroxylation sites is 1. The molecule has 10 nitrogen and oxygen atoms in total. The zero-order valence-corrected chi connectivity index (χ0v) is 34.2. The van der Waals surface area contributed by atoms with Crippen molar-refractivity contribution in [3.05, 3.63) is 161 Å². The van der Waals surface area contributed by atoms with Crippen LogP contribution in [0.15, 0.2) is 127 Å². The Morgan fingerprint density at radius 2 is 1.43 bits per heavy atom. The number of amides is 2. The molecule has 0 aliphatic carbocycles. The van der Waals surface area contributed by atoms with E-state index in [1.165, 1.54) is 0 Å². The number of nitrogens with one attached hydrogen (secondary N) is 1. The predicted octanol–water partition coefficient (Wildman–Crippen LogP) is 7.53. The molecule has 0 aromatic heterocycles. The molecule has 6 atom stereocenters. The molecule has 61 heavy (non-hydrogen) atoms. The first-order valence-electron chi connectivity index (χ1n) is 21.2. The van der Waals surface area contributed by atoms with Crippen molar-refractivity contribution in [3.8, 4) is 23.3 Å². The summed E-state index contributed by atoms with van der Waals surface area (Å²) < 4.78 is 18.3. The smallest absolute Gasteiger partial charge is 0.324 e. The quantitative estimate of drug-likeness (QED) is 0.122. The Balaban J connectivity index is 1.33. The van der Waals surface area contributed by atoms with Gasteiger partial charge in [0.25, 0.3) is 0 Å². The number of methoxy groups -OCH3 is 1. The molecule has 5 aromatic rings. The number of hydrogen-bond donors (Lipinski definition) is 2. The third kappa shape index (κ3) is 7.22. The van der Waals surface area contributed by atoms with Gasteiger partial charge in [-0.25, -0.2) is 0 Å². The van der Waals surface area contributed by atoms with Crippen LogP contribution in [-0.2, 0) is 24.5 Å². The summed E-state index contributed by atoms with van der Waals surface area (Å²) >= 11 is 0. The van der Waals surface area contributed by atoms with Crippen LogP contribution in [0, 0.1) is 17.8 Å². The topological polar surface area (TPSA) is 118 Å². The summed E-state index contributed by atoms with van der Waals surface area (Å²) in [5.74, 6) is 5.32. The fraction of sp³-hybridized carbons (Fsp3) is 0.314. The van der Waals surface area contributed by atoms with Crippen molar-refractivity contribution in [2.24, 2.45) is 5.92 Å². The van der Waals surface area contributed by atoms with Crippen LogP contribution in [0.3, 0.4) is 0 Å². The third-order valence-corrected chi connectivity index (χ3v) is 12.7. The zero-order valence-electron chi connectivity index (χ0n) is 34.2. The number of carbonyl (C=O) groups is 3. The van der Waals surface area contributed by atoms with Crippen LogP contribution in [-0.4, -0.2) is 72.1 Å². The van der Waals surface area contributed by atoms with E-state index in [-0.39, 0.29) is 25.0 Å². The number of morpholine rings is 1. The molecule has 2 N–H and O–H groups in total. The van der Waals surface area contributed by atoms with Crippen LogP contribution < -0.4 is 14.8 Å². The van der Waals surface area contributed by atoms with E-state index < -0.39 is 41.5 Å². The molecule has 1 spiro atoms. The van der Waals surface area contributed by atoms with Gasteiger partial charge in [0.05, 0.1) is 31.7 Å². The number of likely N-dealkylation sites (tertiary alicyclic amines) is 1. The van der Waals surface area contributed by atoms with E-state index in [0.717, 1.165) is 54.5 Å². The van der Waals surface area contributed by atoms with Gasteiger partial charge in [-0.1, -0.05) is 110 Å². The second-order valence-electron chi connectivity index (χ2n) is 16.2. The highest BCUT2D eigenvalue weighted by Gasteiger charge is 2.74. The van der Waals surface area contributed by atoms with Gasteiger partial charge in [-0.15, -0.1) is 0 Å². The minimum absolute atomic E-state index is 0.000968. The molecule has 3 saturated heterocycles. The average molecular weight is 816 g/mol. The Kier molecular flexibility index (Phi) is 11.3. The second-order valence-corrected chi connectivity index (χ2v) is 16.2. The summed E-state index contributed by atoms with van der Waals surface area (Å²) in [6, 6.07) is 37.3. The molecule has 9 rings (SSSR count). The molecule has 2 amide bonds. The normalized spacial score (nSPS) is 24.6. The summed E-state index contributed by atoms with van der Waals surface area (Å²) in [4.78, 5) is 50.8. The minimum Gasteiger partial charge on any atom is -0.497 e. The molecule has 5 aromatic carbocycles. The summed E-state index contributed by atoms with van der Waals surface area (Å²) in [6.07, 6.45) is 3.93. The largest absolute Gasteiger partial charge is 0.497 e. The van der Waals surface area contributed by atoms with E-state index in [1.54, 1.807) is 7.11 Å². The van der Waals surface area contributed by atoms with Crippen molar-refractivity contribution in [1.29, 1.82) is 0 Å². The highest BCUT2D eigenvalue weighted by molar-refractivity contribution is 6.12. The maximum Gasteiger partial charge on any atom is 0.324 e. The van der Waals surface area contributed by atoms with Gasteiger partial charge in [-0.3, -0.25) is 19.3 Å². The molecular weight excluding hydrogens is 767 g/mol. The van der Waals surface area contributed by atoms with E-state index >= 15 is 14.4 Å². The zero-order chi connectivity index (χ0) is 41.9. The van der Waals surface area contributed by atoms with E-state index in [0.29, 0.717) is 41.2 Å². The Labute approximate surface area is 356 Å². The number of fused-ring (bicyclic) bond motifs is 3. The Morgan fingerprint density at radius 3 is 2.13 bits per heavy atom. The van der Waals surface area contributed by atoms with Gasteiger partial charge < -0.3 is 29.5 Å². The Morgan fingerprint density at radius 1 is 0.787 bits per heavy atom. The van der Waals surface area contributed by atoms with Crippen LogP contribution in [0.2, 0.25) is 0 Å². The van der Waals surface area contributed by atoms with Crippen molar-refractivity contribution >= 4 is 23.5 Å². The summed E-state index contributed by atoms with van der Waals surface area (Å²) in [5.41, 5.74) is 3.14. The summed E-state index contributed by atoms with van der Waals surface area (Å²) in [7, 11) is 1.62. The molecule has 0 unspecified atom stereocenters. The molecule has 10 heteroatoms. The van der Waals surface area contributed by atoms with Gasteiger partial charge in [0.15, 0.2) is 0 Å². The number of esters is 1. The van der Waals surface area contributed by atoms with Crippen molar-refractivity contribution in [3.63, 3.8) is 0 Å². The van der Waals surface area contributed by atoms with Crippen LogP contribution in [0.4, 0.5) is 5.69 Å². The van der Waals surface area contributed by atoms with Gasteiger partial charge in [-0.05, 0) is 78.1 Å². The summed E-state index contributed by atoms with van der Waals surface area (Å²) in [6.45, 7) is 0.803. The van der Waals surface area contributed by atoms with E-state index in [2.05, 4.69) is 22.1 Å². The Hall–Kier alpha value is -6.41. The molecule has 4 aliphatic heterocycles. The standard InChI is InChI=1S/C51H49N3O7/c1-59-38-26-23-34(24-27-38)21-22-35-25-28-41-40(33-35)51(50(58)52-41)43(48(56)53-29-13-3-2-4-14-30-53)45-49(57)61-46(37-17-9-6-10-18-37)44(36-15-7-5-8-16-36)54(45)47(51)39-19-11-12-20-42(39)60-32-31-55/h5-12,15-20,23-28,33,43-47,55H,2-4,13-14,29-32H2,1H3,(H,52,58)/t43-,44-,45-,46+,47+,51-/m0/s1. The lowest BCUT2D eigenvalue weighted by Crippen LogP contribution is -2.55. The number of carbonyl (C=O) groups excluding carboxylic acids is 3. The lowest BCUT2D eigenvalue weighted by Gasteiger charge is -2.46. The molecule has 310 valence electrons. The number of rotatable bonds is 8. The van der Waals surface area contributed by atoms with Gasteiger partial charge in [-0.2, -0.15) is 0 Å². The molecular formula is C51H49N3O7. The monoisotopic (exact) mass is 815 g/mol. The van der Waals surface area contributed by atoms with Crippen molar-refractivity contribution in [2.45, 2.75) is 61.7 Å². The van der Waals surface area contributed by atoms with Crippen LogP contribution in [0.25, 0.3) is 0 Å². The van der Waals surface area contributed by atoms with E-state index in [9.17, 15) is 5.11 Å². The first kappa shape index (κ1) is 40.0. The average Bonchev–Trinajstić information content (AvgIpc) is 3.76. The van der Waals surface area contributed by atoms with Gasteiger partial charge in [0.1, 0.15) is 35.7 Å². The van der Waals surface area contributed by atoms with Gasteiger partial charge >= 0.3 is 5.97 Å². The molecule has 0 radical (unpaired) electrons. The number of hydrogen-bond acceptors (Lipinski definition) is 8. The predicted molar refractivity (Wildman–Crippen MR) is 231 cm³/mol. The first-order chi connectivity index (χ1) is 29.9. The van der Waals surface area contributed by atoms with Crippen molar-refractivity contribution < 1.29 is 33.7 Å². The van der Waals surface area contributed by atoms with Crippen LogP contribution >= 0.6 is 0 Å². The molecule has 0 saturated carbocycles. The lowest BCUT2D eigenvalue weighted by atomic mass is 9.64. The van der Waals surface area contributed by atoms with Gasteiger partial charge in [0.2, 0.25) is 11.8 Å². The number of benzene rings is 5. The lowest BCUT2D eigenvalue weighted by molar-refractivity contribution is -0.179. The highest BCUT2D eigenvalue weighted by Crippen LogP contribution is 2.66. The molecule has 4 aliphatic rings. The van der Waals surface area contributed by atoms with Crippen LogP contribution in [0.5, 0.6) is 11.5 Å². The molecule has 4 heterocycles. The van der Waals surface area contributed by atoms with Crippen LogP contribution in [0.1, 0.15) is 83.7 Å². The highest BCUT2D eigenvalue weighted by atomic mass is 16.6. The van der Waals surface area contributed by atoms with E-state index in [4.69, 9.17) is 14.2 Å². The fourth-order valence-corrected chi connectivity index (χ4v) is 10.1. The SMILES string of the molecule is COc1ccc(C#Cc2ccc3c(c2)[C@]2(C(=O)N3)[C@H](C(=O)N3CCCCCCC3)[C@H]3C(=O)O[C@H](c4ccccc4)[C@H](c4ccccc4)N3[C@@H]2c2ccccc2OCCO)cc1. The number of anilines is 1. The third-order valence-electron chi connectivity index (χ3n) is 12.7. The maximum atomic E-state index is 15.9. The van der Waals surface area contributed by atoms with E-state index in [1.807, 2.05) is 132 Å². The first-order valence-corrected chi connectivity index (χ1v) is 21.2. The number of cyclic esters (lactones) is 1. The fourth-order valence-electron chi connectivity index (χ4n) is 10.1. The second kappa shape index (κ2) is 17.3. The van der Waals surface area contributed by atoms with Gasteiger partial charge in [0, 0.05) is 35.5 Å². The maximum absolute atomic E-state index is 15.9. The minimum atomic E-state index is -1.67. The number of nitrogens with zero attached hydrogens (tertiary/aromatic N) is 2. The molecule has 0 bridgehead atoms. The Bertz CT molecular complexity index is 2460. The van der Waals surface area contributed by atoms with Crippen molar-refractivity contribution in [2.75, 3.05) is 38.7 Å². The number of aliphatic hydroxyl groups is 1. The summed E-state index contributed by atoms with van der Waals surface area (Å²) in [5, 5.41) is 13.2.